The van der Waals surface area contributed by atoms with Gasteiger partial charge in [0.2, 0.25) is 0 Å². The molecule has 133 valence electrons. The Morgan fingerprint density at radius 1 is 1.08 bits per heavy atom. The fourth-order valence-electron chi connectivity index (χ4n) is 2.99. The van der Waals surface area contributed by atoms with E-state index in [9.17, 15) is 0 Å². The van der Waals surface area contributed by atoms with Crippen LogP contribution in [-0.4, -0.2) is 28.3 Å². The van der Waals surface area contributed by atoms with Crippen LogP contribution in [0, 0.1) is 19.9 Å². The number of aromatic nitrogens is 4. The molecule has 1 aromatic heterocycles. The molecule has 0 N–H and O–H groups in total. The van der Waals surface area contributed by atoms with Gasteiger partial charge in [0.05, 0.1) is 5.82 Å². The first-order valence-corrected chi connectivity index (χ1v) is 11.6. The molecule has 0 atom stereocenters. The smallest absolute Gasteiger partial charge is 0.0986 e. The summed E-state index contributed by atoms with van der Waals surface area (Å²) in [7, 11) is 0.422. The maximum Gasteiger partial charge on any atom is 0.0986 e. The van der Waals surface area contributed by atoms with Crippen molar-refractivity contribution >= 4 is 13.3 Å². The predicted octanol–water partition coefficient (Wildman–Crippen LogP) is 3.50. The Kier molecular flexibility index (Phi) is 5.77. The summed E-state index contributed by atoms with van der Waals surface area (Å²) in [6.07, 6.45) is 0. The zero-order valence-electron chi connectivity index (χ0n) is 15.5. The largest absolute Gasteiger partial charge is 0.268 e. The predicted molar refractivity (Wildman–Crippen MR) is 101 cm³/mol. The first-order valence-electron chi connectivity index (χ1n) is 8.14. The Bertz CT molecular complexity index is 876. The van der Waals surface area contributed by atoms with E-state index >= 15 is 0 Å². The molecule has 3 rings (SSSR count). The van der Waals surface area contributed by atoms with Gasteiger partial charge in [-0.1, -0.05) is 70.9 Å². The van der Waals surface area contributed by atoms with E-state index in [-0.39, 0.29) is 20.1 Å². The Morgan fingerprint density at radius 2 is 1.72 bits per heavy atom. The standard InChI is InChI=1S/C19H23N4Si.Ir/c1-13-8-7-9-14(2)18(13)17-12-15(24(4,5)6)10-11-16(17)19-20-21-22-23(19)3;/h7-10,12H,1-6H3;/q-1;. The normalized spacial score (nSPS) is 11.3. The molecule has 0 aliphatic carbocycles. The number of hydrogen-bond donors (Lipinski definition) is 0. The molecule has 3 aromatic rings. The summed E-state index contributed by atoms with van der Waals surface area (Å²) in [6, 6.07) is 14.3. The Labute approximate surface area is 164 Å². The molecule has 1 radical (unpaired) electrons. The summed E-state index contributed by atoms with van der Waals surface area (Å²) >= 11 is 0. The molecule has 6 heteroatoms. The summed E-state index contributed by atoms with van der Waals surface area (Å²) in [6.45, 7) is 11.4. The first-order chi connectivity index (χ1) is 11.3. The van der Waals surface area contributed by atoms with Crippen molar-refractivity contribution in [3.8, 4) is 22.5 Å². The van der Waals surface area contributed by atoms with Crippen LogP contribution in [0.2, 0.25) is 19.6 Å². The van der Waals surface area contributed by atoms with Gasteiger partial charge in [-0.3, -0.25) is 4.68 Å². The van der Waals surface area contributed by atoms with Crippen molar-refractivity contribution < 1.29 is 20.1 Å². The van der Waals surface area contributed by atoms with Gasteiger partial charge in [0.25, 0.3) is 0 Å². The van der Waals surface area contributed by atoms with Crippen LogP contribution in [0.3, 0.4) is 0 Å². The molecule has 0 unspecified atom stereocenters. The number of aryl methyl sites for hydroxylation is 3. The van der Waals surface area contributed by atoms with Gasteiger partial charge in [-0.2, -0.15) is 5.10 Å². The third kappa shape index (κ3) is 3.81. The van der Waals surface area contributed by atoms with E-state index in [1.54, 1.807) is 4.68 Å². The van der Waals surface area contributed by atoms with Crippen LogP contribution in [0.5, 0.6) is 0 Å². The van der Waals surface area contributed by atoms with Crippen molar-refractivity contribution in [1.29, 1.82) is 0 Å². The molecular formula is C19H23IrN4Si-. The van der Waals surface area contributed by atoms with Gasteiger partial charge >= 0.3 is 0 Å². The van der Waals surface area contributed by atoms with Gasteiger partial charge in [0.15, 0.2) is 0 Å². The zero-order valence-corrected chi connectivity index (χ0v) is 18.9. The van der Waals surface area contributed by atoms with Crippen LogP contribution in [0.25, 0.3) is 22.5 Å². The topological polar surface area (TPSA) is 43.6 Å². The van der Waals surface area contributed by atoms with Crippen molar-refractivity contribution in [2.45, 2.75) is 33.5 Å². The average molecular weight is 528 g/mol. The molecule has 0 saturated heterocycles. The molecule has 25 heavy (non-hydrogen) atoms. The van der Waals surface area contributed by atoms with Gasteiger partial charge in [0.1, 0.15) is 0 Å². The zero-order chi connectivity index (χ0) is 17.5. The second kappa shape index (κ2) is 7.32. The van der Waals surface area contributed by atoms with Crippen LogP contribution in [0.4, 0.5) is 0 Å². The number of benzene rings is 2. The van der Waals surface area contributed by atoms with E-state index in [0.29, 0.717) is 0 Å². The Morgan fingerprint density at radius 3 is 2.24 bits per heavy atom. The summed E-state index contributed by atoms with van der Waals surface area (Å²) < 4.78 is 1.71. The van der Waals surface area contributed by atoms with Gasteiger partial charge in [-0.05, 0) is 19.1 Å². The first kappa shape index (κ1) is 19.7. The molecule has 0 aliphatic heterocycles. The maximum absolute atomic E-state index is 4.21. The van der Waals surface area contributed by atoms with Crippen molar-refractivity contribution in [2.75, 3.05) is 0 Å². The number of nitrogens with zero attached hydrogens (tertiary/aromatic N) is 4. The number of rotatable bonds is 3. The fraction of sp³-hybridized carbons (Fsp3) is 0.316. The Balaban J connectivity index is 0.00000225. The van der Waals surface area contributed by atoms with Crippen LogP contribution in [0.1, 0.15) is 11.1 Å². The van der Waals surface area contributed by atoms with E-state index in [2.05, 4.69) is 85.4 Å². The molecule has 0 fully saturated rings. The minimum Gasteiger partial charge on any atom is -0.268 e. The monoisotopic (exact) mass is 528 g/mol. The number of tetrazole rings is 1. The molecule has 0 saturated carbocycles. The van der Waals surface area contributed by atoms with Crippen LogP contribution in [-0.2, 0) is 27.2 Å². The average Bonchev–Trinajstić information content (AvgIpc) is 2.92. The van der Waals surface area contributed by atoms with Crippen molar-refractivity contribution in [3.63, 3.8) is 0 Å². The third-order valence-corrected chi connectivity index (χ3v) is 6.42. The van der Waals surface area contributed by atoms with Crippen molar-refractivity contribution in [3.05, 3.63) is 47.5 Å². The molecule has 0 spiro atoms. The van der Waals surface area contributed by atoms with E-state index in [1.807, 2.05) is 7.05 Å². The molecule has 1 heterocycles. The van der Waals surface area contributed by atoms with Gasteiger partial charge < -0.3 is 0 Å². The van der Waals surface area contributed by atoms with Crippen LogP contribution < -0.4 is 5.19 Å². The molecule has 2 aromatic carbocycles. The molecule has 0 aliphatic rings. The molecule has 4 nitrogen and oxygen atoms in total. The minimum atomic E-state index is -1.44. The minimum absolute atomic E-state index is 0. The SMILES string of the molecule is Cc1cccc(C)c1-c1cc([Si](C)(C)C)c[c-]c1-c1nnnn1C.[Ir]. The van der Waals surface area contributed by atoms with Crippen LogP contribution >= 0.6 is 0 Å². The fourth-order valence-corrected chi connectivity index (χ4v) is 4.08. The quantitative estimate of drug-likeness (QED) is 0.387. The number of hydrogen-bond acceptors (Lipinski definition) is 3. The van der Waals surface area contributed by atoms with E-state index in [0.717, 1.165) is 11.4 Å². The second-order valence-corrected chi connectivity index (χ2v) is 12.4. The maximum atomic E-state index is 4.21. The van der Waals surface area contributed by atoms with E-state index < -0.39 is 8.07 Å². The van der Waals surface area contributed by atoms with Gasteiger partial charge in [-0.15, -0.1) is 23.4 Å². The van der Waals surface area contributed by atoms with Crippen molar-refractivity contribution in [1.82, 2.24) is 20.2 Å². The molecule has 0 bridgehead atoms. The summed E-state index contributed by atoms with van der Waals surface area (Å²) in [4.78, 5) is 0. The summed E-state index contributed by atoms with van der Waals surface area (Å²) in [5, 5.41) is 13.4. The van der Waals surface area contributed by atoms with Gasteiger partial charge in [0, 0.05) is 35.2 Å². The molecule has 0 amide bonds. The second-order valence-electron chi connectivity index (χ2n) is 7.32. The van der Waals surface area contributed by atoms with Crippen molar-refractivity contribution in [2.24, 2.45) is 7.05 Å². The van der Waals surface area contributed by atoms with Gasteiger partial charge in [-0.25, -0.2) is 0 Å². The van der Waals surface area contributed by atoms with Crippen LogP contribution in [0.15, 0.2) is 30.3 Å². The summed E-state index contributed by atoms with van der Waals surface area (Å²) in [5.74, 6) is 0.745. The molecular weight excluding hydrogens is 505 g/mol. The Hall–Kier alpha value is -1.62. The van der Waals surface area contributed by atoms with E-state index in [1.165, 1.54) is 27.4 Å². The summed E-state index contributed by atoms with van der Waals surface area (Å²) in [5.41, 5.74) is 5.90. The third-order valence-electron chi connectivity index (χ3n) is 4.40. The van der Waals surface area contributed by atoms with E-state index in [4.69, 9.17) is 0 Å².